The molecule has 130 valence electrons. The summed E-state index contributed by atoms with van der Waals surface area (Å²) in [4.78, 5) is 17.6. The van der Waals surface area contributed by atoms with Crippen LogP contribution in [0.3, 0.4) is 0 Å². The zero-order chi connectivity index (χ0) is 16.5. The number of nitrogens with zero attached hydrogens (tertiary/aromatic N) is 5. The smallest absolute Gasteiger partial charge is 0.236 e. The van der Waals surface area contributed by atoms with Gasteiger partial charge in [0.05, 0.1) is 51.3 Å². The number of fused-ring (bicyclic) bond motifs is 2. The van der Waals surface area contributed by atoms with Crippen molar-refractivity contribution < 1.29 is 14.2 Å². The first-order valence-electron chi connectivity index (χ1n) is 8.11. The van der Waals surface area contributed by atoms with Crippen molar-refractivity contribution in [1.29, 1.82) is 0 Å². The highest BCUT2D eigenvalue weighted by atomic mass is 35.5. The van der Waals surface area contributed by atoms with Crippen molar-refractivity contribution in [2.45, 2.75) is 24.9 Å². The quantitative estimate of drug-likeness (QED) is 0.751. The Labute approximate surface area is 145 Å². The fourth-order valence-electron chi connectivity index (χ4n) is 3.54. The van der Waals surface area contributed by atoms with Crippen LogP contribution < -0.4 is 9.80 Å². The second kappa shape index (κ2) is 6.70. The van der Waals surface area contributed by atoms with Gasteiger partial charge in [-0.15, -0.1) is 0 Å². The molecule has 1 aromatic heterocycles. The van der Waals surface area contributed by atoms with E-state index in [9.17, 15) is 0 Å². The fourth-order valence-corrected chi connectivity index (χ4v) is 3.69. The van der Waals surface area contributed by atoms with Crippen LogP contribution in [0.5, 0.6) is 0 Å². The van der Waals surface area contributed by atoms with Crippen LogP contribution in [0, 0.1) is 0 Å². The first-order valence-corrected chi connectivity index (χ1v) is 8.49. The number of morpholine rings is 2. The van der Waals surface area contributed by atoms with Gasteiger partial charge in [0.2, 0.25) is 17.2 Å². The number of rotatable bonds is 3. The lowest BCUT2D eigenvalue weighted by Gasteiger charge is -2.35. The van der Waals surface area contributed by atoms with E-state index in [2.05, 4.69) is 14.9 Å². The van der Waals surface area contributed by atoms with Crippen molar-refractivity contribution in [3.8, 4) is 0 Å². The molecule has 3 saturated heterocycles. The van der Waals surface area contributed by atoms with E-state index < -0.39 is 0 Å². The molecule has 0 radical (unpaired) electrons. The topological polar surface area (TPSA) is 72.8 Å². The summed E-state index contributed by atoms with van der Waals surface area (Å²) in [7, 11) is 1.61. The summed E-state index contributed by atoms with van der Waals surface area (Å²) in [6, 6.07) is 0.627. The Kier molecular flexibility index (Phi) is 4.43. The van der Waals surface area contributed by atoms with Crippen LogP contribution >= 0.6 is 11.6 Å². The SMILES string of the molecule is CO/C=C1\COCCN1c1nc(Cl)nc(N2C3CCC2COC3)n1. The lowest BCUT2D eigenvalue weighted by Crippen LogP contribution is -2.47. The first kappa shape index (κ1) is 15.9. The molecule has 2 unspecified atom stereocenters. The molecule has 3 aliphatic heterocycles. The molecule has 0 saturated carbocycles. The summed E-state index contributed by atoms with van der Waals surface area (Å²) < 4.78 is 16.3. The third-order valence-corrected chi connectivity index (χ3v) is 4.78. The number of methoxy groups -OCH3 is 1. The van der Waals surface area contributed by atoms with Crippen molar-refractivity contribution in [1.82, 2.24) is 15.0 Å². The van der Waals surface area contributed by atoms with E-state index in [0.717, 1.165) is 18.5 Å². The molecule has 0 amide bonds. The molecular weight excluding hydrogens is 334 g/mol. The van der Waals surface area contributed by atoms with Gasteiger partial charge in [0.15, 0.2) is 0 Å². The molecule has 1 aromatic rings. The minimum atomic E-state index is 0.198. The Balaban J connectivity index is 1.67. The maximum Gasteiger partial charge on any atom is 0.236 e. The maximum atomic E-state index is 6.20. The van der Waals surface area contributed by atoms with Gasteiger partial charge in [0, 0.05) is 6.54 Å². The highest BCUT2D eigenvalue weighted by molar-refractivity contribution is 6.28. The van der Waals surface area contributed by atoms with Gasteiger partial charge >= 0.3 is 0 Å². The van der Waals surface area contributed by atoms with Crippen molar-refractivity contribution in [3.05, 3.63) is 17.2 Å². The molecule has 8 nitrogen and oxygen atoms in total. The van der Waals surface area contributed by atoms with Gasteiger partial charge in [-0.2, -0.15) is 15.0 Å². The average Bonchev–Trinajstić information content (AvgIpc) is 2.84. The Morgan fingerprint density at radius 2 is 1.88 bits per heavy atom. The standard InChI is InChI=1S/C15H20ClN5O3/c1-22-6-12-9-23-5-4-20(12)14-17-13(16)18-15(19-14)21-10-2-3-11(21)8-24-7-10/h6,10-11H,2-5,7-9H2,1H3/b12-6+. The molecular formula is C15H20ClN5O3. The Bertz CT molecular complexity index is 628. The molecule has 3 fully saturated rings. The van der Waals surface area contributed by atoms with Crippen molar-refractivity contribution >= 4 is 23.5 Å². The van der Waals surface area contributed by atoms with Crippen molar-refractivity contribution in [3.63, 3.8) is 0 Å². The first-order chi connectivity index (χ1) is 11.8. The van der Waals surface area contributed by atoms with Crippen LogP contribution in [0.25, 0.3) is 0 Å². The van der Waals surface area contributed by atoms with Crippen LogP contribution in [0.1, 0.15) is 12.8 Å². The molecule has 0 aliphatic carbocycles. The van der Waals surface area contributed by atoms with Crippen molar-refractivity contribution in [2.24, 2.45) is 0 Å². The largest absolute Gasteiger partial charge is 0.502 e. The number of hydrogen-bond acceptors (Lipinski definition) is 8. The van der Waals surface area contributed by atoms with Crippen LogP contribution in [-0.2, 0) is 14.2 Å². The number of aromatic nitrogens is 3. The van der Waals surface area contributed by atoms with Crippen LogP contribution in [-0.4, -0.2) is 67.1 Å². The van der Waals surface area contributed by atoms with E-state index >= 15 is 0 Å². The second-order valence-corrected chi connectivity index (χ2v) is 6.42. The van der Waals surface area contributed by atoms with E-state index in [4.69, 9.17) is 30.8 Å². The third kappa shape index (κ3) is 2.89. The zero-order valence-corrected chi connectivity index (χ0v) is 14.3. The van der Waals surface area contributed by atoms with Gasteiger partial charge in [0.1, 0.15) is 6.26 Å². The summed E-state index contributed by atoms with van der Waals surface area (Å²) in [6.45, 7) is 3.12. The predicted molar refractivity (Wildman–Crippen MR) is 88.2 cm³/mol. The van der Waals surface area contributed by atoms with E-state index in [1.807, 2.05) is 4.90 Å². The van der Waals surface area contributed by atoms with Gasteiger partial charge in [-0.05, 0) is 24.4 Å². The number of halogens is 1. The summed E-state index contributed by atoms with van der Waals surface area (Å²) in [5.41, 5.74) is 0.863. The average molecular weight is 354 g/mol. The molecule has 2 atom stereocenters. The summed E-state index contributed by atoms with van der Waals surface area (Å²) >= 11 is 6.20. The molecule has 0 spiro atoms. The highest BCUT2D eigenvalue weighted by Crippen LogP contribution is 2.33. The molecule has 3 aliphatic rings. The molecule has 0 aromatic carbocycles. The van der Waals surface area contributed by atoms with Gasteiger partial charge in [-0.1, -0.05) is 0 Å². The molecule has 9 heteroatoms. The van der Waals surface area contributed by atoms with Crippen LogP contribution in [0.4, 0.5) is 11.9 Å². The summed E-state index contributed by atoms with van der Waals surface area (Å²) in [5.74, 6) is 1.16. The minimum Gasteiger partial charge on any atom is -0.502 e. The van der Waals surface area contributed by atoms with Gasteiger partial charge in [0.25, 0.3) is 0 Å². The van der Waals surface area contributed by atoms with Gasteiger partial charge in [-0.25, -0.2) is 0 Å². The van der Waals surface area contributed by atoms with E-state index in [1.54, 1.807) is 13.4 Å². The lowest BCUT2D eigenvalue weighted by molar-refractivity contribution is 0.0897. The highest BCUT2D eigenvalue weighted by Gasteiger charge is 2.39. The third-order valence-electron chi connectivity index (χ3n) is 4.61. The molecule has 2 bridgehead atoms. The Morgan fingerprint density at radius 1 is 1.12 bits per heavy atom. The maximum absolute atomic E-state index is 6.20. The normalized spacial score (nSPS) is 28.5. The Hall–Kier alpha value is -1.64. The summed E-state index contributed by atoms with van der Waals surface area (Å²) in [6.07, 6.45) is 3.83. The van der Waals surface area contributed by atoms with E-state index in [-0.39, 0.29) is 5.28 Å². The van der Waals surface area contributed by atoms with E-state index in [1.165, 1.54) is 0 Å². The number of anilines is 2. The van der Waals surface area contributed by atoms with E-state index in [0.29, 0.717) is 57.0 Å². The van der Waals surface area contributed by atoms with Gasteiger partial charge < -0.3 is 24.0 Å². The monoisotopic (exact) mass is 353 g/mol. The molecule has 4 rings (SSSR count). The zero-order valence-electron chi connectivity index (χ0n) is 13.5. The van der Waals surface area contributed by atoms with Crippen LogP contribution in [0.2, 0.25) is 5.28 Å². The summed E-state index contributed by atoms with van der Waals surface area (Å²) in [5, 5.41) is 0.198. The Morgan fingerprint density at radius 3 is 2.62 bits per heavy atom. The molecule has 24 heavy (non-hydrogen) atoms. The van der Waals surface area contributed by atoms with Crippen molar-refractivity contribution in [2.75, 3.05) is 49.9 Å². The number of ether oxygens (including phenoxy) is 3. The van der Waals surface area contributed by atoms with Crippen LogP contribution in [0.15, 0.2) is 12.0 Å². The lowest BCUT2D eigenvalue weighted by atomic mass is 10.2. The predicted octanol–water partition coefficient (Wildman–Crippen LogP) is 1.22. The minimum absolute atomic E-state index is 0.198. The fraction of sp³-hybridized carbons (Fsp3) is 0.667. The molecule has 0 N–H and O–H groups in total. The number of hydrogen-bond donors (Lipinski definition) is 0. The second-order valence-electron chi connectivity index (χ2n) is 6.08. The van der Waals surface area contributed by atoms with Gasteiger partial charge in [-0.3, -0.25) is 0 Å². The molecule has 4 heterocycles.